The van der Waals surface area contributed by atoms with Gasteiger partial charge in [0.1, 0.15) is 30.4 Å². The Hall–Kier alpha value is -3.86. The van der Waals surface area contributed by atoms with Gasteiger partial charge < -0.3 is 28.4 Å². The zero-order chi connectivity index (χ0) is 29.1. The van der Waals surface area contributed by atoms with Crippen molar-refractivity contribution in [1.29, 1.82) is 0 Å². The van der Waals surface area contributed by atoms with Crippen molar-refractivity contribution in [2.24, 2.45) is 0 Å². The first-order valence-electron chi connectivity index (χ1n) is 13.9. The summed E-state index contributed by atoms with van der Waals surface area (Å²) in [4.78, 5) is 34.5. The number of hydrogen-bond acceptors (Lipinski definition) is 8. The molecule has 1 fully saturated rings. The molecule has 10 nitrogen and oxygen atoms in total. The Kier molecular flexibility index (Phi) is 8.35. The third kappa shape index (κ3) is 6.73. The van der Waals surface area contributed by atoms with E-state index < -0.39 is 11.4 Å². The van der Waals surface area contributed by atoms with Crippen LogP contribution in [0, 0.1) is 5.82 Å². The van der Waals surface area contributed by atoms with Crippen LogP contribution in [0.15, 0.2) is 41.3 Å². The van der Waals surface area contributed by atoms with Gasteiger partial charge in [-0.15, -0.1) is 0 Å². The number of hydrogen-bond donors (Lipinski definition) is 0. The molecule has 0 spiro atoms. The van der Waals surface area contributed by atoms with Crippen molar-refractivity contribution in [2.75, 3.05) is 40.0 Å². The number of piperidine rings is 1. The molecule has 0 bridgehead atoms. The smallest absolute Gasteiger partial charge is 0.410 e. The maximum absolute atomic E-state index is 14.3. The van der Waals surface area contributed by atoms with E-state index >= 15 is 0 Å². The number of carbonyl (C=O) groups excluding carboxylic acids is 1. The van der Waals surface area contributed by atoms with Gasteiger partial charge in [0.05, 0.1) is 31.1 Å². The van der Waals surface area contributed by atoms with Crippen molar-refractivity contribution >= 4 is 17.0 Å². The number of nitrogens with zero attached hydrogens (tertiary/aromatic N) is 4. The molecule has 4 heterocycles. The number of amides is 1. The topological polar surface area (TPSA) is 95.4 Å². The Labute approximate surface area is 238 Å². The van der Waals surface area contributed by atoms with Crippen molar-refractivity contribution in [3.05, 3.63) is 58.4 Å². The first-order chi connectivity index (χ1) is 19.6. The summed E-state index contributed by atoms with van der Waals surface area (Å²) < 4.78 is 38.2. The van der Waals surface area contributed by atoms with Crippen LogP contribution in [0.1, 0.15) is 39.3 Å². The summed E-state index contributed by atoms with van der Waals surface area (Å²) >= 11 is 0. The van der Waals surface area contributed by atoms with Crippen LogP contribution in [0.25, 0.3) is 10.9 Å². The normalized spacial score (nSPS) is 16.0. The van der Waals surface area contributed by atoms with Crippen LogP contribution in [0.3, 0.4) is 0 Å². The molecular weight excluding hydrogens is 531 g/mol. The lowest BCUT2D eigenvalue weighted by atomic mass is 10.0. The summed E-state index contributed by atoms with van der Waals surface area (Å²) in [5, 5.41) is 0.688. The highest BCUT2D eigenvalue weighted by molar-refractivity contribution is 5.85. The van der Waals surface area contributed by atoms with E-state index in [1.165, 1.54) is 25.3 Å². The number of likely N-dealkylation sites (tertiary alicyclic amines) is 1. The fourth-order valence-electron chi connectivity index (χ4n) is 5.34. The van der Waals surface area contributed by atoms with E-state index in [-0.39, 0.29) is 24.2 Å². The monoisotopic (exact) mass is 568 g/mol. The zero-order valence-corrected chi connectivity index (χ0v) is 24.0. The maximum atomic E-state index is 14.3. The van der Waals surface area contributed by atoms with E-state index in [1.54, 1.807) is 21.7 Å². The molecule has 0 unspecified atom stereocenters. The first-order valence-corrected chi connectivity index (χ1v) is 13.9. The molecule has 11 heteroatoms. The number of fused-ring (bicyclic) bond motifs is 2. The van der Waals surface area contributed by atoms with Gasteiger partial charge in [0, 0.05) is 55.8 Å². The van der Waals surface area contributed by atoms with Gasteiger partial charge in [0.2, 0.25) is 0 Å². The summed E-state index contributed by atoms with van der Waals surface area (Å²) in [7, 11) is 1.48. The number of pyridine rings is 2. The zero-order valence-electron chi connectivity index (χ0n) is 24.0. The predicted molar refractivity (Wildman–Crippen MR) is 151 cm³/mol. The average molecular weight is 569 g/mol. The average Bonchev–Trinajstić information content (AvgIpc) is 2.94. The Morgan fingerprint density at radius 1 is 1.10 bits per heavy atom. The fraction of sp³-hybridized carbons (Fsp3) is 0.500. The van der Waals surface area contributed by atoms with E-state index in [0.29, 0.717) is 60.1 Å². The lowest BCUT2D eigenvalue weighted by molar-refractivity contribution is 0.00529. The third-order valence-electron chi connectivity index (χ3n) is 7.34. The number of benzene rings is 1. The second kappa shape index (κ2) is 11.9. The number of carbonyl (C=O) groups is 1. The van der Waals surface area contributed by atoms with Crippen LogP contribution in [0.4, 0.5) is 9.18 Å². The molecule has 0 radical (unpaired) electrons. The Morgan fingerprint density at radius 2 is 1.83 bits per heavy atom. The van der Waals surface area contributed by atoms with Gasteiger partial charge in [0.15, 0.2) is 11.5 Å². The quantitative estimate of drug-likeness (QED) is 0.418. The van der Waals surface area contributed by atoms with Crippen molar-refractivity contribution < 1.29 is 28.1 Å². The van der Waals surface area contributed by atoms with Crippen molar-refractivity contribution in [2.45, 2.75) is 58.3 Å². The number of ether oxygens (including phenoxy) is 4. The molecule has 0 N–H and O–H groups in total. The lowest BCUT2D eigenvalue weighted by Crippen LogP contribution is -2.49. The second-order valence-corrected chi connectivity index (χ2v) is 11.4. The van der Waals surface area contributed by atoms with Crippen LogP contribution in [-0.4, -0.2) is 77.0 Å². The summed E-state index contributed by atoms with van der Waals surface area (Å²) in [6.07, 6.45) is 2.72. The van der Waals surface area contributed by atoms with Gasteiger partial charge in [-0.1, -0.05) is 0 Å². The molecule has 3 aromatic rings. The van der Waals surface area contributed by atoms with Gasteiger partial charge >= 0.3 is 6.09 Å². The van der Waals surface area contributed by atoms with E-state index in [9.17, 15) is 14.0 Å². The van der Waals surface area contributed by atoms with Crippen molar-refractivity contribution in [1.82, 2.24) is 19.4 Å². The molecule has 0 atom stereocenters. The van der Waals surface area contributed by atoms with Gasteiger partial charge in [-0.05, 0) is 45.7 Å². The van der Waals surface area contributed by atoms with Gasteiger partial charge in [-0.2, -0.15) is 0 Å². The van der Waals surface area contributed by atoms with E-state index in [0.717, 1.165) is 25.9 Å². The van der Waals surface area contributed by atoms with Crippen LogP contribution in [0.5, 0.6) is 17.2 Å². The molecule has 0 saturated carbocycles. The van der Waals surface area contributed by atoms with E-state index in [4.69, 9.17) is 18.9 Å². The largest absolute Gasteiger partial charge is 0.496 e. The van der Waals surface area contributed by atoms with E-state index in [1.807, 2.05) is 26.8 Å². The summed E-state index contributed by atoms with van der Waals surface area (Å²) in [6, 6.07) is 7.62. The number of aromatic nitrogens is 2. The predicted octanol–water partition coefficient (Wildman–Crippen LogP) is 4.22. The molecule has 41 heavy (non-hydrogen) atoms. The van der Waals surface area contributed by atoms with Crippen LogP contribution >= 0.6 is 0 Å². The SMILES string of the molecule is COc1cc(F)cc2c1ccc(=O)n2CCN1CCC(N(Cc2cc3c(cn2)OCCO3)C(=O)OC(C)(C)C)CC1. The molecule has 1 saturated heterocycles. The Morgan fingerprint density at radius 3 is 2.54 bits per heavy atom. The van der Waals surface area contributed by atoms with E-state index in [2.05, 4.69) is 9.88 Å². The van der Waals surface area contributed by atoms with Crippen LogP contribution < -0.4 is 19.8 Å². The van der Waals surface area contributed by atoms with Crippen LogP contribution in [-0.2, 0) is 17.8 Å². The number of halogens is 1. The Bertz CT molecular complexity index is 1460. The molecule has 2 aliphatic heterocycles. The minimum Gasteiger partial charge on any atom is -0.496 e. The maximum Gasteiger partial charge on any atom is 0.410 e. The van der Waals surface area contributed by atoms with Gasteiger partial charge in [-0.3, -0.25) is 14.7 Å². The molecular formula is C30H37FN4O6. The third-order valence-corrected chi connectivity index (χ3v) is 7.34. The fourth-order valence-corrected chi connectivity index (χ4v) is 5.34. The molecule has 1 amide bonds. The minimum absolute atomic E-state index is 0.0465. The van der Waals surface area contributed by atoms with Gasteiger partial charge in [0.25, 0.3) is 5.56 Å². The minimum atomic E-state index is -0.635. The lowest BCUT2D eigenvalue weighted by Gasteiger charge is -2.39. The van der Waals surface area contributed by atoms with Gasteiger partial charge in [-0.25, -0.2) is 9.18 Å². The standard InChI is InChI=1S/C30H37FN4O6/c1-30(2,3)41-29(37)35(19-21-17-26-27(18-32-21)40-14-13-39-26)22-7-9-33(10-8-22)11-12-34-24-15-20(31)16-25(38-4)23(24)5-6-28(34)36/h5-6,15-18,22H,7-14,19H2,1-4H3. The summed E-state index contributed by atoms with van der Waals surface area (Å²) in [5.74, 6) is 1.17. The molecule has 2 aliphatic rings. The molecule has 1 aromatic carbocycles. The highest BCUT2D eigenvalue weighted by Gasteiger charge is 2.32. The summed E-state index contributed by atoms with van der Waals surface area (Å²) in [6.45, 7) is 9.28. The highest BCUT2D eigenvalue weighted by atomic mass is 19.1. The molecule has 2 aromatic heterocycles. The van der Waals surface area contributed by atoms with Crippen molar-refractivity contribution in [3.63, 3.8) is 0 Å². The molecule has 5 rings (SSSR count). The molecule has 0 aliphatic carbocycles. The second-order valence-electron chi connectivity index (χ2n) is 11.4. The molecule has 220 valence electrons. The first kappa shape index (κ1) is 28.7. The van der Waals surface area contributed by atoms with Crippen LogP contribution in [0.2, 0.25) is 0 Å². The van der Waals surface area contributed by atoms with Crippen molar-refractivity contribution in [3.8, 4) is 17.2 Å². The Balaban J connectivity index is 1.27. The summed E-state index contributed by atoms with van der Waals surface area (Å²) in [5.41, 5.74) is 0.375. The highest BCUT2D eigenvalue weighted by Crippen LogP contribution is 2.31. The number of methoxy groups -OCH3 is 1. The number of rotatable bonds is 7.